The van der Waals surface area contributed by atoms with Crippen LogP contribution < -0.4 is 5.73 Å². The van der Waals surface area contributed by atoms with E-state index in [1.807, 2.05) is 0 Å². The second-order valence-corrected chi connectivity index (χ2v) is 2.76. The number of aromatic amines is 1. The first-order valence-electron chi connectivity index (χ1n) is 3.96. The molecule has 0 amide bonds. The molecule has 0 atom stereocenters. The maximum absolute atomic E-state index is 10.5. The number of nitrogen functional groups attached to an aromatic ring is 1. The van der Waals surface area contributed by atoms with Gasteiger partial charge in [0.25, 0.3) is 5.69 Å². The van der Waals surface area contributed by atoms with Gasteiger partial charge in [-0.1, -0.05) is 0 Å². The minimum absolute atomic E-state index is 0.0657. The summed E-state index contributed by atoms with van der Waals surface area (Å²) in [5.74, 6) is 0.233. The van der Waals surface area contributed by atoms with E-state index in [1.165, 1.54) is 18.2 Å². The number of tetrazole rings is 1. The molecule has 0 saturated carbocycles. The summed E-state index contributed by atoms with van der Waals surface area (Å²) in [7, 11) is 0. The zero-order valence-electron chi connectivity index (χ0n) is 7.41. The Morgan fingerprint density at radius 1 is 1.47 bits per heavy atom. The molecular formula is C7H6N6O2. The molecular weight excluding hydrogens is 200 g/mol. The van der Waals surface area contributed by atoms with Gasteiger partial charge in [0.1, 0.15) is 0 Å². The summed E-state index contributed by atoms with van der Waals surface area (Å²) < 4.78 is 0. The SMILES string of the molecule is Nc1ccc([N+](=O)[O-])cc1-c1nn[nH]n1. The molecule has 0 saturated heterocycles. The van der Waals surface area contributed by atoms with Crippen LogP contribution in [0.15, 0.2) is 18.2 Å². The van der Waals surface area contributed by atoms with Gasteiger partial charge in [0.05, 0.1) is 10.5 Å². The first-order valence-corrected chi connectivity index (χ1v) is 3.96. The maximum atomic E-state index is 10.5. The van der Waals surface area contributed by atoms with Crippen molar-refractivity contribution in [1.29, 1.82) is 0 Å². The number of non-ortho nitro benzene ring substituents is 1. The van der Waals surface area contributed by atoms with Gasteiger partial charge in [0.15, 0.2) is 0 Å². The summed E-state index contributed by atoms with van der Waals surface area (Å²) in [5, 5.41) is 23.5. The van der Waals surface area contributed by atoms with E-state index in [1.54, 1.807) is 0 Å². The Hall–Kier alpha value is -2.51. The van der Waals surface area contributed by atoms with Crippen molar-refractivity contribution in [2.45, 2.75) is 0 Å². The van der Waals surface area contributed by atoms with Gasteiger partial charge < -0.3 is 5.73 Å². The molecule has 0 radical (unpaired) electrons. The van der Waals surface area contributed by atoms with Crippen LogP contribution in [0.25, 0.3) is 11.4 Å². The molecule has 3 N–H and O–H groups in total. The Morgan fingerprint density at radius 3 is 2.87 bits per heavy atom. The van der Waals surface area contributed by atoms with Gasteiger partial charge in [-0.2, -0.15) is 5.21 Å². The molecule has 0 aliphatic rings. The molecule has 8 nitrogen and oxygen atoms in total. The monoisotopic (exact) mass is 206 g/mol. The molecule has 0 fully saturated rings. The Morgan fingerprint density at radius 2 is 2.27 bits per heavy atom. The summed E-state index contributed by atoms with van der Waals surface area (Å²) in [5.41, 5.74) is 6.32. The van der Waals surface area contributed by atoms with E-state index in [0.717, 1.165) is 0 Å². The van der Waals surface area contributed by atoms with Crippen LogP contribution in [0.4, 0.5) is 11.4 Å². The number of hydrogen-bond acceptors (Lipinski definition) is 6. The molecule has 0 bridgehead atoms. The highest BCUT2D eigenvalue weighted by atomic mass is 16.6. The topological polar surface area (TPSA) is 124 Å². The van der Waals surface area contributed by atoms with E-state index >= 15 is 0 Å². The van der Waals surface area contributed by atoms with Gasteiger partial charge in [-0.25, -0.2) is 0 Å². The first-order chi connectivity index (χ1) is 7.18. The fraction of sp³-hybridized carbons (Fsp3) is 0. The number of benzene rings is 1. The standard InChI is InChI=1S/C7H6N6O2/c8-6-2-1-4(13(14)15)3-5(6)7-9-11-12-10-7/h1-3H,8H2,(H,9,10,11,12). The zero-order chi connectivity index (χ0) is 10.8. The van der Waals surface area contributed by atoms with E-state index in [0.29, 0.717) is 11.3 Å². The minimum atomic E-state index is -0.511. The Bertz CT molecular complexity index is 494. The normalized spacial score (nSPS) is 10.1. The van der Waals surface area contributed by atoms with Crippen LogP contribution >= 0.6 is 0 Å². The minimum Gasteiger partial charge on any atom is -0.398 e. The second kappa shape index (κ2) is 3.33. The molecule has 15 heavy (non-hydrogen) atoms. The van der Waals surface area contributed by atoms with Crippen LogP contribution in [-0.4, -0.2) is 25.5 Å². The quantitative estimate of drug-likeness (QED) is 0.415. The van der Waals surface area contributed by atoms with Crippen molar-refractivity contribution in [3.63, 3.8) is 0 Å². The van der Waals surface area contributed by atoms with Gasteiger partial charge in [-0.05, 0) is 11.3 Å². The lowest BCUT2D eigenvalue weighted by atomic mass is 10.1. The smallest absolute Gasteiger partial charge is 0.270 e. The predicted molar refractivity (Wildman–Crippen MR) is 50.7 cm³/mol. The van der Waals surface area contributed by atoms with Crippen molar-refractivity contribution in [3.05, 3.63) is 28.3 Å². The van der Waals surface area contributed by atoms with Gasteiger partial charge >= 0.3 is 0 Å². The Labute approximate surface area is 83.3 Å². The first kappa shape index (κ1) is 9.06. The molecule has 76 valence electrons. The van der Waals surface area contributed by atoms with E-state index in [-0.39, 0.29) is 11.5 Å². The number of rotatable bonds is 2. The largest absolute Gasteiger partial charge is 0.398 e. The molecule has 1 aromatic heterocycles. The second-order valence-electron chi connectivity index (χ2n) is 2.76. The molecule has 2 aromatic rings. The lowest BCUT2D eigenvalue weighted by molar-refractivity contribution is -0.384. The summed E-state index contributed by atoms with van der Waals surface area (Å²) in [6.45, 7) is 0. The maximum Gasteiger partial charge on any atom is 0.270 e. The fourth-order valence-corrected chi connectivity index (χ4v) is 1.13. The van der Waals surface area contributed by atoms with E-state index in [9.17, 15) is 10.1 Å². The lowest BCUT2D eigenvalue weighted by Crippen LogP contribution is -1.94. The molecule has 8 heteroatoms. The number of nitrogens with one attached hydrogen (secondary N) is 1. The fourth-order valence-electron chi connectivity index (χ4n) is 1.13. The highest BCUT2D eigenvalue weighted by Gasteiger charge is 2.13. The van der Waals surface area contributed by atoms with E-state index in [2.05, 4.69) is 20.6 Å². The molecule has 0 spiro atoms. The van der Waals surface area contributed by atoms with Crippen LogP contribution in [0.1, 0.15) is 0 Å². The highest BCUT2D eigenvalue weighted by molar-refractivity contribution is 5.73. The van der Waals surface area contributed by atoms with Gasteiger partial charge in [0, 0.05) is 17.8 Å². The number of nitrogens with zero attached hydrogens (tertiary/aromatic N) is 4. The van der Waals surface area contributed by atoms with Crippen molar-refractivity contribution >= 4 is 11.4 Å². The molecule has 0 unspecified atom stereocenters. The summed E-state index contributed by atoms with van der Waals surface area (Å²) in [6.07, 6.45) is 0. The predicted octanol–water partition coefficient (Wildman–Crippen LogP) is 0.357. The Balaban J connectivity index is 2.55. The van der Waals surface area contributed by atoms with Crippen molar-refractivity contribution in [2.24, 2.45) is 0 Å². The highest BCUT2D eigenvalue weighted by Crippen LogP contribution is 2.26. The molecule has 0 aliphatic carbocycles. The van der Waals surface area contributed by atoms with Crippen LogP contribution in [-0.2, 0) is 0 Å². The third kappa shape index (κ3) is 1.59. The van der Waals surface area contributed by atoms with E-state index in [4.69, 9.17) is 5.73 Å². The molecule has 2 rings (SSSR count). The lowest BCUT2D eigenvalue weighted by Gasteiger charge is -1.99. The number of nitro groups is 1. The number of aromatic nitrogens is 4. The molecule has 0 aliphatic heterocycles. The van der Waals surface area contributed by atoms with Gasteiger partial charge in [-0.15, -0.1) is 10.2 Å². The van der Waals surface area contributed by atoms with Crippen LogP contribution in [0.3, 0.4) is 0 Å². The van der Waals surface area contributed by atoms with Crippen LogP contribution in [0.2, 0.25) is 0 Å². The summed E-state index contributed by atoms with van der Waals surface area (Å²) in [4.78, 5) is 10.0. The van der Waals surface area contributed by atoms with Crippen LogP contribution in [0, 0.1) is 10.1 Å². The number of anilines is 1. The number of nitro benzene ring substituents is 1. The molecule has 1 aromatic carbocycles. The average molecular weight is 206 g/mol. The zero-order valence-corrected chi connectivity index (χ0v) is 7.41. The van der Waals surface area contributed by atoms with Gasteiger partial charge in [0.2, 0.25) is 5.82 Å². The van der Waals surface area contributed by atoms with Crippen LogP contribution in [0.5, 0.6) is 0 Å². The van der Waals surface area contributed by atoms with Crippen molar-refractivity contribution in [1.82, 2.24) is 20.6 Å². The number of H-pyrrole nitrogens is 1. The molecule has 1 heterocycles. The summed E-state index contributed by atoms with van der Waals surface area (Å²) >= 11 is 0. The third-order valence-corrected chi connectivity index (χ3v) is 1.83. The average Bonchev–Trinajstić information content (AvgIpc) is 2.71. The third-order valence-electron chi connectivity index (χ3n) is 1.83. The number of hydrogen-bond donors (Lipinski definition) is 2. The van der Waals surface area contributed by atoms with Gasteiger partial charge in [-0.3, -0.25) is 10.1 Å². The van der Waals surface area contributed by atoms with E-state index < -0.39 is 4.92 Å². The number of nitrogens with two attached hydrogens (primary N) is 1. The summed E-state index contributed by atoms with van der Waals surface area (Å²) in [6, 6.07) is 4.06. The Kier molecular flexibility index (Phi) is 2.01. The van der Waals surface area contributed by atoms with Crippen molar-refractivity contribution < 1.29 is 4.92 Å². The van der Waals surface area contributed by atoms with Crippen molar-refractivity contribution in [2.75, 3.05) is 5.73 Å². The van der Waals surface area contributed by atoms with Crippen molar-refractivity contribution in [3.8, 4) is 11.4 Å².